The predicted molar refractivity (Wildman–Crippen MR) is 71.7 cm³/mol. The van der Waals surface area contributed by atoms with Gasteiger partial charge in [0.15, 0.2) is 0 Å². The van der Waals surface area contributed by atoms with Crippen LogP contribution in [0.15, 0.2) is 0 Å². The van der Waals surface area contributed by atoms with E-state index in [1.54, 1.807) is 0 Å². The Morgan fingerprint density at radius 2 is 2.00 bits per heavy atom. The van der Waals surface area contributed by atoms with E-state index in [4.69, 9.17) is 0 Å². The Hall–Kier alpha value is 0.310. The van der Waals surface area contributed by atoms with Gasteiger partial charge in [-0.05, 0) is 43.9 Å². The lowest BCUT2D eigenvalue weighted by Gasteiger charge is -2.25. The minimum Gasteiger partial charge on any atom is -0.306 e. The number of nitrogens with zero attached hydrogens (tertiary/aromatic N) is 1. The normalized spacial score (nSPS) is 20.0. The van der Waals surface area contributed by atoms with Gasteiger partial charge in [0, 0.05) is 13.1 Å². The van der Waals surface area contributed by atoms with E-state index < -0.39 is 0 Å². The zero-order valence-corrected chi connectivity index (χ0v) is 11.3. The van der Waals surface area contributed by atoms with Gasteiger partial charge in [-0.3, -0.25) is 0 Å². The van der Waals surface area contributed by atoms with E-state index in [1.165, 1.54) is 51.6 Å². The van der Waals surface area contributed by atoms with Crippen LogP contribution >= 0.6 is 12.6 Å². The van der Waals surface area contributed by atoms with Crippen LogP contribution in [0.25, 0.3) is 0 Å². The van der Waals surface area contributed by atoms with Crippen molar-refractivity contribution in [3.8, 4) is 0 Å². The fourth-order valence-corrected chi connectivity index (χ4v) is 3.10. The van der Waals surface area contributed by atoms with Crippen molar-refractivity contribution in [1.82, 2.24) is 4.90 Å². The summed E-state index contributed by atoms with van der Waals surface area (Å²) in [6.07, 6.45) is 8.47. The van der Waals surface area contributed by atoms with Gasteiger partial charge in [-0.1, -0.05) is 26.2 Å². The molecule has 0 N–H and O–H groups in total. The molecular formula is C13H27NS. The molecule has 90 valence electrons. The lowest BCUT2D eigenvalue weighted by molar-refractivity contribution is 0.241. The van der Waals surface area contributed by atoms with E-state index >= 15 is 0 Å². The Morgan fingerprint density at radius 1 is 1.33 bits per heavy atom. The van der Waals surface area contributed by atoms with E-state index in [2.05, 4.69) is 31.5 Å². The van der Waals surface area contributed by atoms with Crippen molar-refractivity contribution < 1.29 is 0 Å². The van der Waals surface area contributed by atoms with Gasteiger partial charge in [-0.2, -0.15) is 12.6 Å². The van der Waals surface area contributed by atoms with Crippen LogP contribution in [0.5, 0.6) is 0 Å². The third-order valence-electron chi connectivity index (χ3n) is 3.57. The molecule has 1 saturated carbocycles. The van der Waals surface area contributed by atoms with Gasteiger partial charge in [-0.15, -0.1) is 0 Å². The van der Waals surface area contributed by atoms with Crippen molar-refractivity contribution in [2.75, 3.05) is 25.9 Å². The number of rotatable bonds is 7. The van der Waals surface area contributed by atoms with Crippen LogP contribution in [-0.4, -0.2) is 30.8 Å². The van der Waals surface area contributed by atoms with Crippen LogP contribution in [0, 0.1) is 11.8 Å². The summed E-state index contributed by atoms with van der Waals surface area (Å²) in [4.78, 5) is 2.53. The largest absolute Gasteiger partial charge is 0.306 e. The first-order chi connectivity index (χ1) is 7.26. The molecule has 0 bridgehead atoms. The second kappa shape index (κ2) is 7.56. The van der Waals surface area contributed by atoms with E-state index in [0.29, 0.717) is 0 Å². The van der Waals surface area contributed by atoms with Crippen molar-refractivity contribution in [1.29, 1.82) is 0 Å². The molecular weight excluding hydrogens is 202 g/mol. The Kier molecular flexibility index (Phi) is 6.74. The summed E-state index contributed by atoms with van der Waals surface area (Å²) in [6, 6.07) is 0. The summed E-state index contributed by atoms with van der Waals surface area (Å²) in [5, 5.41) is 0. The van der Waals surface area contributed by atoms with Crippen LogP contribution in [0.3, 0.4) is 0 Å². The lowest BCUT2D eigenvalue weighted by atomic mass is 10.0. The van der Waals surface area contributed by atoms with E-state index in [-0.39, 0.29) is 0 Å². The van der Waals surface area contributed by atoms with Crippen molar-refractivity contribution in [3.63, 3.8) is 0 Å². The first-order valence-electron chi connectivity index (χ1n) is 6.55. The van der Waals surface area contributed by atoms with Crippen LogP contribution < -0.4 is 0 Å². The first kappa shape index (κ1) is 13.4. The standard InChI is InChI=1S/C13H27NS/c1-3-6-13(11-15)10-14(2)9-12-7-4-5-8-12/h12-13,15H,3-11H2,1-2H3. The van der Waals surface area contributed by atoms with Crippen LogP contribution in [0.2, 0.25) is 0 Å². The van der Waals surface area contributed by atoms with Gasteiger partial charge >= 0.3 is 0 Å². The van der Waals surface area contributed by atoms with Gasteiger partial charge in [0.2, 0.25) is 0 Å². The maximum absolute atomic E-state index is 4.45. The molecule has 1 aliphatic carbocycles. The molecule has 1 unspecified atom stereocenters. The van der Waals surface area contributed by atoms with Crippen molar-refractivity contribution in [3.05, 3.63) is 0 Å². The van der Waals surface area contributed by atoms with Gasteiger partial charge in [0.05, 0.1) is 0 Å². The van der Waals surface area contributed by atoms with Gasteiger partial charge < -0.3 is 4.90 Å². The zero-order valence-electron chi connectivity index (χ0n) is 10.4. The topological polar surface area (TPSA) is 3.24 Å². The molecule has 0 aromatic carbocycles. The van der Waals surface area contributed by atoms with Crippen LogP contribution in [-0.2, 0) is 0 Å². The molecule has 0 radical (unpaired) electrons. The fourth-order valence-electron chi connectivity index (χ4n) is 2.80. The summed E-state index contributed by atoms with van der Waals surface area (Å²) in [5.41, 5.74) is 0. The van der Waals surface area contributed by atoms with E-state index in [1.807, 2.05) is 0 Å². The zero-order chi connectivity index (χ0) is 11.1. The van der Waals surface area contributed by atoms with Crippen molar-refractivity contribution in [2.24, 2.45) is 11.8 Å². The predicted octanol–water partition coefficient (Wildman–Crippen LogP) is 3.45. The third kappa shape index (κ3) is 5.26. The SMILES string of the molecule is CCCC(CS)CN(C)CC1CCCC1. The molecule has 1 fully saturated rings. The molecule has 0 aromatic heterocycles. The van der Waals surface area contributed by atoms with Gasteiger partial charge in [0.25, 0.3) is 0 Å². The van der Waals surface area contributed by atoms with Crippen LogP contribution in [0.4, 0.5) is 0 Å². The monoisotopic (exact) mass is 229 g/mol. The quantitative estimate of drug-likeness (QED) is 0.654. The molecule has 1 rings (SSSR count). The summed E-state index contributed by atoms with van der Waals surface area (Å²) >= 11 is 4.45. The smallest absolute Gasteiger partial charge is 0.00145 e. The molecule has 1 aliphatic rings. The average molecular weight is 229 g/mol. The van der Waals surface area contributed by atoms with Crippen molar-refractivity contribution in [2.45, 2.75) is 45.4 Å². The Morgan fingerprint density at radius 3 is 2.53 bits per heavy atom. The molecule has 2 heteroatoms. The molecule has 1 nitrogen and oxygen atoms in total. The number of hydrogen-bond acceptors (Lipinski definition) is 2. The molecule has 0 aromatic rings. The Labute approximate surface area is 101 Å². The Bertz CT molecular complexity index is 155. The summed E-state index contributed by atoms with van der Waals surface area (Å²) < 4.78 is 0. The number of hydrogen-bond donors (Lipinski definition) is 1. The Balaban J connectivity index is 2.17. The maximum Gasteiger partial charge on any atom is 0.00145 e. The summed E-state index contributed by atoms with van der Waals surface area (Å²) in [5.74, 6) is 2.82. The van der Waals surface area contributed by atoms with Crippen LogP contribution in [0.1, 0.15) is 45.4 Å². The average Bonchev–Trinajstić information content (AvgIpc) is 2.69. The highest BCUT2D eigenvalue weighted by Crippen LogP contribution is 2.25. The molecule has 0 saturated heterocycles. The molecule has 1 atom stereocenters. The molecule has 0 amide bonds. The second-order valence-electron chi connectivity index (χ2n) is 5.21. The highest BCUT2D eigenvalue weighted by atomic mass is 32.1. The molecule has 0 aliphatic heterocycles. The van der Waals surface area contributed by atoms with E-state index in [9.17, 15) is 0 Å². The summed E-state index contributed by atoms with van der Waals surface area (Å²) in [6.45, 7) is 4.83. The number of thiol groups is 1. The minimum absolute atomic E-state index is 0.796. The molecule has 0 spiro atoms. The third-order valence-corrected chi connectivity index (χ3v) is 4.09. The molecule has 15 heavy (non-hydrogen) atoms. The highest BCUT2D eigenvalue weighted by Gasteiger charge is 2.18. The first-order valence-corrected chi connectivity index (χ1v) is 7.18. The fraction of sp³-hybridized carbons (Fsp3) is 1.00. The molecule has 0 heterocycles. The van der Waals surface area contributed by atoms with Gasteiger partial charge in [0.1, 0.15) is 0 Å². The second-order valence-corrected chi connectivity index (χ2v) is 5.57. The summed E-state index contributed by atoms with van der Waals surface area (Å²) in [7, 11) is 2.28. The highest BCUT2D eigenvalue weighted by molar-refractivity contribution is 7.80. The van der Waals surface area contributed by atoms with Gasteiger partial charge in [-0.25, -0.2) is 0 Å². The minimum atomic E-state index is 0.796. The van der Waals surface area contributed by atoms with Crippen molar-refractivity contribution >= 4 is 12.6 Å². The van der Waals surface area contributed by atoms with E-state index in [0.717, 1.165) is 17.6 Å². The lowest BCUT2D eigenvalue weighted by Crippen LogP contribution is -2.30. The maximum atomic E-state index is 4.45.